The highest BCUT2D eigenvalue weighted by Crippen LogP contribution is 2.19. The standard InChI is InChI=1S/C13H21NO3/c1-3-9(2)11(13(16)17)14-12(15)10-7-5-4-6-8-10/h4-5,9-11H,3,6-8H2,1-2H3,(H,14,15)(H,16,17)/t9?,10?,11-/m0/s1. The first-order valence-corrected chi connectivity index (χ1v) is 6.24. The summed E-state index contributed by atoms with van der Waals surface area (Å²) in [5.41, 5.74) is 0. The number of aliphatic carboxylic acids is 1. The second kappa shape index (κ2) is 6.42. The average Bonchev–Trinajstić information content (AvgIpc) is 2.35. The van der Waals surface area contributed by atoms with Crippen LogP contribution in [0.15, 0.2) is 12.2 Å². The summed E-state index contributed by atoms with van der Waals surface area (Å²) >= 11 is 0. The predicted octanol–water partition coefficient (Wildman–Crippen LogP) is 1.96. The third-order valence-electron chi connectivity index (χ3n) is 3.42. The van der Waals surface area contributed by atoms with E-state index in [1.807, 2.05) is 19.9 Å². The minimum absolute atomic E-state index is 0.0458. The van der Waals surface area contributed by atoms with Gasteiger partial charge in [-0.15, -0.1) is 0 Å². The summed E-state index contributed by atoms with van der Waals surface area (Å²) in [5.74, 6) is -1.18. The molecule has 1 amide bonds. The van der Waals surface area contributed by atoms with Gasteiger partial charge in [0.1, 0.15) is 6.04 Å². The molecule has 0 aromatic heterocycles. The molecule has 4 nitrogen and oxygen atoms in total. The van der Waals surface area contributed by atoms with Gasteiger partial charge in [-0.1, -0.05) is 32.4 Å². The van der Waals surface area contributed by atoms with Crippen molar-refractivity contribution in [2.24, 2.45) is 11.8 Å². The van der Waals surface area contributed by atoms with E-state index in [1.165, 1.54) is 0 Å². The number of carboxylic acids is 1. The number of allylic oxidation sites excluding steroid dienone is 2. The van der Waals surface area contributed by atoms with Gasteiger partial charge in [-0.2, -0.15) is 0 Å². The third-order valence-corrected chi connectivity index (χ3v) is 3.42. The van der Waals surface area contributed by atoms with E-state index in [0.717, 1.165) is 25.7 Å². The number of carboxylic acid groups (broad SMARTS) is 1. The molecule has 0 saturated carbocycles. The van der Waals surface area contributed by atoms with Crippen LogP contribution in [0.1, 0.15) is 39.5 Å². The van der Waals surface area contributed by atoms with Gasteiger partial charge < -0.3 is 10.4 Å². The van der Waals surface area contributed by atoms with E-state index in [4.69, 9.17) is 5.11 Å². The molecule has 0 fully saturated rings. The number of rotatable bonds is 5. The first-order chi connectivity index (χ1) is 8.06. The van der Waals surface area contributed by atoms with Gasteiger partial charge in [0.15, 0.2) is 0 Å². The summed E-state index contributed by atoms with van der Waals surface area (Å²) in [6.07, 6.45) is 7.23. The van der Waals surface area contributed by atoms with Crippen LogP contribution in [0.4, 0.5) is 0 Å². The highest BCUT2D eigenvalue weighted by molar-refractivity contribution is 5.85. The molecule has 0 aromatic rings. The number of hydrogen-bond acceptors (Lipinski definition) is 2. The van der Waals surface area contributed by atoms with E-state index in [1.54, 1.807) is 0 Å². The maximum atomic E-state index is 11.9. The Morgan fingerprint density at radius 3 is 2.65 bits per heavy atom. The molecule has 0 bridgehead atoms. The quantitative estimate of drug-likeness (QED) is 0.721. The average molecular weight is 239 g/mol. The second-order valence-electron chi connectivity index (χ2n) is 4.69. The predicted molar refractivity (Wildman–Crippen MR) is 65.5 cm³/mol. The Kier molecular flexibility index (Phi) is 5.19. The Morgan fingerprint density at radius 2 is 2.18 bits per heavy atom. The molecule has 17 heavy (non-hydrogen) atoms. The molecule has 0 radical (unpaired) electrons. The lowest BCUT2D eigenvalue weighted by Crippen LogP contribution is -2.47. The van der Waals surface area contributed by atoms with Crippen molar-refractivity contribution in [3.05, 3.63) is 12.2 Å². The van der Waals surface area contributed by atoms with Crippen molar-refractivity contribution in [3.63, 3.8) is 0 Å². The van der Waals surface area contributed by atoms with Gasteiger partial charge in [0.05, 0.1) is 0 Å². The zero-order valence-electron chi connectivity index (χ0n) is 10.5. The number of carbonyl (C=O) groups excluding carboxylic acids is 1. The van der Waals surface area contributed by atoms with Crippen molar-refractivity contribution in [2.45, 2.75) is 45.6 Å². The number of hydrogen-bond donors (Lipinski definition) is 2. The van der Waals surface area contributed by atoms with Crippen LogP contribution in [0.2, 0.25) is 0 Å². The van der Waals surface area contributed by atoms with E-state index < -0.39 is 12.0 Å². The molecule has 1 rings (SSSR count). The summed E-state index contributed by atoms with van der Waals surface area (Å²) in [6, 6.07) is -0.765. The summed E-state index contributed by atoms with van der Waals surface area (Å²) in [6.45, 7) is 3.77. The zero-order chi connectivity index (χ0) is 12.8. The molecule has 0 saturated heterocycles. The van der Waals surface area contributed by atoms with Crippen LogP contribution < -0.4 is 5.32 Å². The zero-order valence-corrected chi connectivity index (χ0v) is 10.5. The molecule has 0 heterocycles. The number of nitrogens with one attached hydrogen (secondary N) is 1. The van der Waals surface area contributed by atoms with Crippen LogP contribution >= 0.6 is 0 Å². The maximum absolute atomic E-state index is 11.9. The largest absolute Gasteiger partial charge is 0.480 e. The lowest BCUT2D eigenvalue weighted by molar-refractivity contribution is -0.144. The van der Waals surface area contributed by atoms with E-state index in [2.05, 4.69) is 11.4 Å². The summed E-state index contributed by atoms with van der Waals surface area (Å²) in [5, 5.41) is 11.8. The fourth-order valence-electron chi connectivity index (χ4n) is 1.99. The van der Waals surface area contributed by atoms with Crippen molar-refractivity contribution in [1.29, 1.82) is 0 Å². The van der Waals surface area contributed by atoms with Crippen molar-refractivity contribution >= 4 is 11.9 Å². The maximum Gasteiger partial charge on any atom is 0.326 e. The molecule has 0 aliphatic heterocycles. The highest BCUT2D eigenvalue weighted by Gasteiger charge is 2.28. The fourth-order valence-corrected chi connectivity index (χ4v) is 1.99. The van der Waals surface area contributed by atoms with Gasteiger partial charge in [-0.3, -0.25) is 4.79 Å². The van der Waals surface area contributed by atoms with Crippen molar-refractivity contribution in [3.8, 4) is 0 Å². The monoisotopic (exact) mass is 239 g/mol. The summed E-state index contributed by atoms with van der Waals surface area (Å²) in [4.78, 5) is 23.0. The van der Waals surface area contributed by atoms with E-state index in [-0.39, 0.29) is 17.7 Å². The first kappa shape index (κ1) is 13.7. The van der Waals surface area contributed by atoms with Crippen LogP contribution in [0.3, 0.4) is 0 Å². The van der Waals surface area contributed by atoms with Crippen LogP contribution in [0, 0.1) is 11.8 Å². The molecule has 4 heteroatoms. The SMILES string of the molecule is CCC(C)[C@H](NC(=O)C1CC=CCC1)C(=O)O. The smallest absolute Gasteiger partial charge is 0.326 e. The van der Waals surface area contributed by atoms with E-state index in [0.29, 0.717) is 0 Å². The molecule has 1 aliphatic carbocycles. The fraction of sp³-hybridized carbons (Fsp3) is 0.692. The topological polar surface area (TPSA) is 66.4 Å². The van der Waals surface area contributed by atoms with E-state index >= 15 is 0 Å². The second-order valence-corrected chi connectivity index (χ2v) is 4.69. The minimum Gasteiger partial charge on any atom is -0.480 e. The van der Waals surface area contributed by atoms with Crippen LogP contribution in [0.5, 0.6) is 0 Å². The lowest BCUT2D eigenvalue weighted by atomic mass is 9.92. The Morgan fingerprint density at radius 1 is 1.47 bits per heavy atom. The van der Waals surface area contributed by atoms with Gasteiger partial charge in [0.25, 0.3) is 0 Å². The van der Waals surface area contributed by atoms with Gasteiger partial charge >= 0.3 is 5.97 Å². The number of carbonyl (C=O) groups is 2. The Labute approximate surface area is 102 Å². The molecular formula is C13H21NO3. The Bertz CT molecular complexity index is 312. The van der Waals surface area contributed by atoms with Gasteiger partial charge in [0.2, 0.25) is 5.91 Å². The van der Waals surface area contributed by atoms with Crippen LogP contribution in [-0.2, 0) is 9.59 Å². The van der Waals surface area contributed by atoms with Crippen LogP contribution in [-0.4, -0.2) is 23.0 Å². The molecule has 2 N–H and O–H groups in total. The van der Waals surface area contributed by atoms with Crippen molar-refractivity contribution in [1.82, 2.24) is 5.32 Å². The summed E-state index contributed by atoms with van der Waals surface area (Å²) in [7, 11) is 0. The molecule has 1 aliphatic rings. The van der Waals surface area contributed by atoms with E-state index in [9.17, 15) is 9.59 Å². The molecule has 3 atom stereocenters. The van der Waals surface area contributed by atoms with Gasteiger partial charge in [-0.05, 0) is 25.2 Å². The normalized spacial score (nSPS) is 22.8. The number of amides is 1. The van der Waals surface area contributed by atoms with Crippen molar-refractivity contribution < 1.29 is 14.7 Å². The van der Waals surface area contributed by atoms with Crippen LogP contribution in [0.25, 0.3) is 0 Å². The molecule has 0 aromatic carbocycles. The first-order valence-electron chi connectivity index (χ1n) is 6.24. The summed E-state index contributed by atoms with van der Waals surface area (Å²) < 4.78 is 0. The molecule has 96 valence electrons. The minimum atomic E-state index is -0.945. The molecular weight excluding hydrogens is 218 g/mol. The third kappa shape index (κ3) is 3.88. The Balaban J connectivity index is 2.57. The molecule has 0 spiro atoms. The van der Waals surface area contributed by atoms with Crippen molar-refractivity contribution in [2.75, 3.05) is 0 Å². The van der Waals surface area contributed by atoms with Gasteiger partial charge in [-0.25, -0.2) is 4.79 Å². The van der Waals surface area contributed by atoms with Gasteiger partial charge in [0, 0.05) is 5.92 Å². The molecule has 2 unspecified atom stereocenters. The highest BCUT2D eigenvalue weighted by atomic mass is 16.4. The lowest BCUT2D eigenvalue weighted by Gasteiger charge is -2.24. The Hall–Kier alpha value is -1.32.